The first-order valence-electron chi connectivity index (χ1n) is 7.27. The SMILES string of the molecule is CCNC1CCC(C(C)C)CC1CCSC(F)(F)F. The summed E-state index contributed by atoms with van der Waals surface area (Å²) in [6.07, 6.45) is 4.06. The van der Waals surface area contributed by atoms with E-state index in [0.29, 0.717) is 30.2 Å². The second kappa shape index (κ2) is 7.77. The van der Waals surface area contributed by atoms with E-state index < -0.39 is 5.51 Å². The summed E-state index contributed by atoms with van der Waals surface area (Å²) >= 11 is 0.129. The van der Waals surface area contributed by atoms with Crippen LogP contribution in [0, 0.1) is 17.8 Å². The third kappa shape index (κ3) is 6.39. The molecule has 1 nitrogen and oxygen atoms in total. The second-order valence-corrected chi connectivity index (χ2v) is 6.98. The zero-order valence-corrected chi connectivity index (χ0v) is 12.9. The fourth-order valence-corrected chi connectivity index (χ4v) is 3.73. The third-order valence-corrected chi connectivity index (χ3v) is 4.95. The molecule has 3 unspecified atom stereocenters. The maximum atomic E-state index is 12.2. The van der Waals surface area contributed by atoms with Gasteiger partial charge in [-0.15, -0.1) is 0 Å². The summed E-state index contributed by atoms with van der Waals surface area (Å²) in [5.41, 5.74) is -4.08. The van der Waals surface area contributed by atoms with Gasteiger partial charge < -0.3 is 5.32 Å². The number of rotatable bonds is 6. The molecule has 0 amide bonds. The quantitative estimate of drug-likeness (QED) is 0.764. The lowest BCUT2D eigenvalue weighted by atomic mass is 9.72. The van der Waals surface area contributed by atoms with Crippen LogP contribution in [0.15, 0.2) is 0 Å². The van der Waals surface area contributed by atoms with E-state index in [4.69, 9.17) is 0 Å². The molecule has 5 heteroatoms. The van der Waals surface area contributed by atoms with Crippen LogP contribution in [0.5, 0.6) is 0 Å². The molecule has 0 heterocycles. The molecular formula is C14H26F3NS. The molecule has 1 fully saturated rings. The van der Waals surface area contributed by atoms with E-state index in [0.717, 1.165) is 19.4 Å². The highest BCUT2D eigenvalue weighted by Gasteiger charge is 2.33. The van der Waals surface area contributed by atoms with E-state index in [1.54, 1.807) is 0 Å². The predicted molar refractivity (Wildman–Crippen MR) is 76.3 cm³/mol. The average Bonchev–Trinajstić information content (AvgIpc) is 2.29. The average molecular weight is 297 g/mol. The normalized spacial score (nSPS) is 28.9. The Labute approximate surface area is 119 Å². The van der Waals surface area contributed by atoms with Crippen molar-refractivity contribution >= 4 is 11.8 Å². The summed E-state index contributed by atoms with van der Waals surface area (Å²) in [6.45, 7) is 7.41. The number of hydrogen-bond donors (Lipinski definition) is 1. The van der Waals surface area contributed by atoms with Gasteiger partial charge in [0, 0.05) is 11.8 Å². The highest BCUT2D eigenvalue weighted by atomic mass is 32.2. The molecule has 1 saturated carbocycles. The highest BCUT2D eigenvalue weighted by molar-refractivity contribution is 8.00. The van der Waals surface area contributed by atoms with Crippen LogP contribution in [0.25, 0.3) is 0 Å². The van der Waals surface area contributed by atoms with Crippen LogP contribution in [-0.4, -0.2) is 23.8 Å². The first-order valence-corrected chi connectivity index (χ1v) is 8.26. The first-order chi connectivity index (χ1) is 8.83. The molecule has 1 N–H and O–H groups in total. The Bertz CT molecular complexity index is 256. The van der Waals surface area contributed by atoms with Gasteiger partial charge in [0.25, 0.3) is 0 Å². The third-order valence-electron chi connectivity index (χ3n) is 4.19. The smallest absolute Gasteiger partial charge is 0.314 e. The Morgan fingerprint density at radius 3 is 2.47 bits per heavy atom. The largest absolute Gasteiger partial charge is 0.441 e. The van der Waals surface area contributed by atoms with Gasteiger partial charge in [-0.05, 0) is 50.0 Å². The van der Waals surface area contributed by atoms with Gasteiger partial charge in [-0.2, -0.15) is 13.2 Å². The van der Waals surface area contributed by atoms with Crippen molar-refractivity contribution in [2.75, 3.05) is 12.3 Å². The van der Waals surface area contributed by atoms with Crippen molar-refractivity contribution in [2.45, 2.75) is 58.0 Å². The summed E-state index contributed by atoms with van der Waals surface area (Å²) in [4.78, 5) is 0. The maximum absolute atomic E-state index is 12.2. The highest BCUT2D eigenvalue weighted by Crippen LogP contribution is 2.38. The molecule has 0 bridgehead atoms. The molecule has 1 aliphatic rings. The van der Waals surface area contributed by atoms with E-state index in [1.807, 2.05) is 0 Å². The summed E-state index contributed by atoms with van der Waals surface area (Å²) < 4.78 is 36.6. The van der Waals surface area contributed by atoms with Gasteiger partial charge in [-0.1, -0.05) is 32.5 Å². The number of hydrogen-bond acceptors (Lipinski definition) is 2. The van der Waals surface area contributed by atoms with Crippen molar-refractivity contribution in [3.05, 3.63) is 0 Å². The van der Waals surface area contributed by atoms with Crippen LogP contribution >= 0.6 is 11.8 Å². The van der Waals surface area contributed by atoms with Crippen molar-refractivity contribution < 1.29 is 13.2 Å². The summed E-state index contributed by atoms with van der Waals surface area (Å²) in [7, 11) is 0. The fraction of sp³-hybridized carbons (Fsp3) is 1.00. The van der Waals surface area contributed by atoms with E-state index in [1.165, 1.54) is 6.42 Å². The van der Waals surface area contributed by atoms with Crippen LogP contribution in [0.4, 0.5) is 13.2 Å². The van der Waals surface area contributed by atoms with Gasteiger partial charge >= 0.3 is 5.51 Å². The Hall–Kier alpha value is 0.100. The van der Waals surface area contributed by atoms with E-state index in [2.05, 4.69) is 26.1 Å². The zero-order valence-electron chi connectivity index (χ0n) is 12.1. The standard InChI is InChI=1S/C14H26F3NS/c1-4-18-13-6-5-11(10(2)3)9-12(13)7-8-19-14(15,16)17/h10-13,18H,4-9H2,1-3H3. The Morgan fingerprint density at radius 1 is 1.26 bits per heavy atom. The monoisotopic (exact) mass is 297 g/mol. The van der Waals surface area contributed by atoms with Gasteiger partial charge in [-0.3, -0.25) is 0 Å². The van der Waals surface area contributed by atoms with Gasteiger partial charge in [0.2, 0.25) is 0 Å². The lowest BCUT2D eigenvalue weighted by Crippen LogP contribution is -2.41. The molecule has 0 aromatic rings. The van der Waals surface area contributed by atoms with Crippen LogP contribution in [0.3, 0.4) is 0 Å². The molecule has 0 aliphatic heterocycles. The minimum absolute atomic E-state index is 0.129. The molecule has 0 saturated heterocycles. The topological polar surface area (TPSA) is 12.0 Å². The van der Waals surface area contributed by atoms with Crippen molar-refractivity contribution in [3.8, 4) is 0 Å². The minimum Gasteiger partial charge on any atom is -0.314 e. The lowest BCUT2D eigenvalue weighted by molar-refractivity contribution is -0.0329. The number of halogens is 3. The zero-order chi connectivity index (χ0) is 14.5. The molecule has 0 spiro atoms. The Balaban J connectivity index is 2.47. The molecule has 1 aliphatic carbocycles. The number of nitrogens with one attached hydrogen (secondary N) is 1. The number of thioether (sulfide) groups is 1. The predicted octanol–water partition coefficient (Wildman–Crippen LogP) is 4.68. The van der Waals surface area contributed by atoms with Crippen LogP contribution in [0.1, 0.15) is 46.5 Å². The van der Waals surface area contributed by atoms with Crippen LogP contribution in [0.2, 0.25) is 0 Å². The van der Waals surface area contributed by atoms with E-state index >= 15 is 0 Å². The Kier molecular flexibility index (Phi) is 7.01. The van der Waals surface area contributed by atoms with Gasteiger partial charge in [0.15, 0.2) is 0 Å². The van der Waals surface area contributed by atoms with E-state index in [-0.39, 0.29) is 17.5 Å². The fourth-order valence-electron chi connectivity index (χ4n) is 3.08. The maximum Gasteiger partial charge on any atom is 0.441 e. The van der Waals surface area contributed by atoms with Gasteiger partial charge in [0.1, 0.15) is 0 Å². The van der Waals surface area contributed by atoms with Crippen LogP contribution in [-0.2, 0) is 0 Å². The van der Waals surface area contributed by atoms with Crippen molar-refractivity contribution in [1.82, 2.24) is 5.32 Å². The second-order valence-electron chi connectivity index (χ2n) is 5.82. The molecule has 114 valence electrons. The minimum atomic E-state index is -4.08. The lowest BCUT2D eigenvalue weighted by Gasteiger charge is -2.38. The summed E-state index contributed by atoms with van der Waals surface area (Å²) in [6, 6.07) is 0.411. The molecule has 0 aromatic heterocycles. The summed E-state index contributed by atoms with van der Waals surface area (Å²) in [5.74, 6) is 1.91. The van der Waals surface area contributed by atoms with Gasteiger partial charge in [0.05, 0.1) is 0 Å². The molecule has 1 rings (SSSR count). The van der Waals surface area contributed by atoms with Crippen molar-refractivity contribution in [1.29, 1.82) is 0 Å². The van der Waals surface area contributed by atoms with Crippen molar-refractivity contribution in [3.63, 3.8) is 0 Å². The number of alkyl halides is 3. The summed E-state index contributed by atoms with van der Waals surface area (Å²) in [5, 5.41) is 3.45. The van der Waals surface area contributed by atoms with Crippen molar-refractivity contribution in [2.24, 2.45) is 17.8 Å². The molecular weight excluding hydrogens is 271 g/mol. The van der Waals surface area contributed by atoms with E-state index in [9.17, 15) is 13.2 Å². The Morgan fingerprint density at radius 2 is 1.95 bits per heavy atom. The molecule has 0 aromatic carbocycles. The molecule has 19 heavy (non-hydrogen) atoms. The first kappa shape index (κ1) is 17.2. The molecule has 3 atom stereocenters. The van der Waals surface area contributed by atoms with Crippen LogP contribution < -0.4 is 5.32 Å². The molecule has 0 radical (unpaired) electrons. The van der Waals surface area contributed by atoms with Gasteiger partial charge in [-0.25, -0.2) is 0 Å².